The van der Waals surface area contributed by atoms with Gasteiger partial charge in [0, 0.05) is 12.2 Å². The Bertz CT molecular complexity index is 880. The van der Waals surface area contributed by atoms with Crippen molar-refractivity contribution in [2.24, 2.45) is 4.99 Å². The minimum absolute atomic E-state index is 0.795. The van der Waals surface area contributed by atoms with Crippen LogP contribution in [0.4, 0.5) is 10.8 Å². The molecule has 0 amide bonds. The first-order valence-electron chi connectivity index (χ1n) is 7.72. The zero-order valence-corrected chi connectivity index (χ0v) is 14.0. The fourth-order valence-corrected chi connectivity index (χ4v) is 3.73. The van der Waals surface area contributed by atoms with Crippen LogP contribution in [0.5, 0.6) is 0 Å². The molecule has 1 aliphatic heterocycles. The second-order valence-corrected chi connectivity index (χ2v) is 6.82. The topological polar surface area (TPSA) is 40.5 Å². The second-order valence-electron chi connectivity index (χ2n) is 5.82. The summed E-state index contributed by atoms with van der Waals surface area (Å²) in [4.78, 5) is 11.5. The van der Waals surface area contributed by atoms with Crippen molar-refractivity contribution >= 4 is 38.3 Å². The van der Waals surface area contributed by atoms with E-state index in [1.165, 1.54) is 15.8 Å². The Balaban J connectivity index is 1.62. The third kappa shape index (κ3) is 2.80. The maximum Gasteiger partial charge on any atom is 0.204 e. The molecule has 2 heterocycles. The molecule has 0 unspecified atom stereocenters. The van der Waals surface area contributed by atoms with Crippen molar-refractivity contribution < 1.29 is 0 Å². The molecule has 116 valence electrons. The van der Waals surface area contributed by atoms with Gasteiger partial charge in [0.05, 0.1) is 16.8 Å². The van der Waals surface area contributed by atoms with E-state index in [9.17, 15) is 0 Å². The lowest BCUT2D eigenvalue weighted by molar-refractivity contribution is 1.02. The quantitative estimate of drug-likeness (QED) is 0.768. The third-order valence-corrected chi connectivity index (χ3v) is 4.95. The SMILES string of the molecule is Cc1ccc(NC2=NCCN2c2nc3ccc(C)cc3s2)cc1. The number of nitrogens with one attached hydrogen (secondary N) is 1. The van der Waals surface area contributed by atoms with E-state index < -0.39 is 0 Å². The van der Waals surface area contributed by atoms with Gasteiger partial charge in [-0.1, -0.05) is 35.1 Å². The summed E-state index contributed by atoms with van der Waals surface area (Å²) < 4.78 is 1.22. The van der Waals surface area contributed by atoms with E-state index in [0.29, 0.717) is 0 Å². The van der Waals surface area contributed by atoms with E-state index in [-0.39, 0.29) is 0 Å². The first-order valence-corrected chi connectivity index (χ1v) is 8.53. The summed E-state index contributed by atoms with van der Waals surface area (Å²) in [6.45, 7) is 5.86. The normalized spacial score (nSPS) is 14.3. The molecule has 5 heteroatoms. The van der Waals surface area contributed by atoms with Crippen molar-refractivity contribution in [2.45, 2.75) is 13.8 Å². The smallest absolute Gasteiger partial charge is 0.204 e. The molecule has 1 aromatic heterocycles. The molecule has 4 nitrogen and oxygen atoms in total. The van der Waals surface area contributed by atoms with Crippen molar-refractivity contribution in [2.75, 3.05) is 23.3 Å². The van der Waals surface area contributed by atoms with Crippen LogP contribution >= 0.6 is 11.3 Å². The lowest BCUT2D eigenvalue weighted by Crippen LogP contribution is -2.32. The average molecular weight is 322 g/mol. The molecule has 0 atom stereocenters. The zero-order valence-electron chi connectivity index (χ0n) is 13.2. The third-order valence-electron chi connectivity index (χ3n) is 3.91. The number of aryl methyl sites for hydroxylation is 2. The van der Waals surface area contributed by atoms with Gasteiger partial charge in [-0.2, -0.15) is 0 Å². The van der Waals surface area contributed by atoms with Crippen molar-refractivity contribution in [1.29, 1.82) is 0 Å². The fraction of sp³-hybridized carbons (Fsp3) is 0.222. The summed E-state index contributed by atoms with van der Waals surface area (Å²) in [5, 5.41) is 4.42. The predicted octanol–water partition coefficient (Wildman–Crippen LogP) is 4.20. The number of fused-ring (bicyclic) bond motifs is 1. The molecule has 0 radical (unpaired) electrons. The van der Waals surface area contributed by atoms with Gasteiger partial charge in [-0.05, 0) is 43.7 Å². The number of aromatic nitrogens is 1. The minimum Gasteiger partial charge on any atom is -0.326 e. The summed E-state index contributed by atoms with van der Waals surface area (Å²) in [5.41, 5.74) is 4.62. The van der Waals surface area contributed by atoms with Crippen LogP contribution in [0.3, 0.4) is 0 Å². The molecule has 0 saturated carbocycles. The van der Waals surface area contributed by atoms with E-state index in [2.05, 4.69) is 71.5 Å². The Kier molecular flexibility index (Phi) is 3.50. The van der Waals surface area contributed by atoms with E-state index in [1.54, 1.807) is 11.3 Å². The summed E-state index contributed by atoms with van der Waals surface area (Å²) >= 11 is 1.72. The molecule has 1 N–H and O–H groups in total. The number of guanidine groups is 1. The number of benzene rings is 2. The highest BCUT2D eigenvalue weighted by Gasteiger charge is 2.22. The molecule has 0 saturated heterocycles. The number of hydrogen-bond acceptors (Lipinski definition) is 5. The molecule has 0 spiro atoms. The van der Waals surface area contributed by atoms with Crippen LogP contribution in [-0.2, 0) is 0 Å². The van der Waals surface area contributed by atoms with Gasteiger partial charge < -0.3 is 5.32 Å². The number of nitrogens with zero attached hydrogens (tertiary/aromatic N) is 3. The van der Waals surface area contributed by atoms with Gasteiger partial charge in [0.25, 0.3) is 0 Å². The maximum atomic E-state index is 4.77. The molecule has 0 bridgehead atoms. The Hall–Kier alpha value is -2.40. The first kappa shape index (κ1) is 14.2. The molecule has 3 aromatic rings. The lowest BCUT2D eigenvalue weighted by Gasteiger charge is -2.18. The average Bonchev–Trinajstić information content (AvgIpc) is 3.15. The van der Waals surface area contributed by atoms with Gasteiger partial charge in [0.1, 0.15) is 0 Å². The van der Waals surface area contributed by atoms with Crippen molar-refractivity contribution in [3.05, 3.63) is 53.6 Å². The lowest BCUT2D eigenvalue weighted by atomic mass is 10.2. The van der Waals surface area contributed by atoms with Gasteiger partial charge in [-0.25, -0.2) is 4.98 Å². The highest BCUT2D eigenvalue weighted by atomic mass is 32.1. The number of aliphatic imine (C=N–C) groups is 1. The van der Waals surface area contributed by atoms with Crippen molar-refractivity contribution in [3.8, 4) is 0 Å². The number of rotatable bonds is 2. The second kappa shape index (κ2) is 5.66. The van der Waals surface area contributed by atoms with E-state index in [4.69, 9.17) is 4.98 Å². The highest BCUT2D eigenvalue weighted by Crippen LogP contribution is 2.30. The van der Waals surface area contributed by atoms with Crippen LogP contribution in [-0.4, -0.2) is 24.0 Å². The molecule has 2 aromatic carbocycles. The molecular formula is C18H18N4S. The predicted molar refractivity (Wildman–Crippen MR) is 98.8 cm³/mol. The molecule has 1 aliphatic rings. The fourth-order valence-electron chi connectivity index (χ4n) is 2.64. The highest BCUT2D eigenvalue weighted by molar-refractivity contribution is 7.22. The first-order chi connectivity index (χ1) is 11.2. The zero-order chi connectivity index (χ0) is 15.8. The van der Waals surface area contributed by atoms with E-state index >= 15 is 0 Å². The van der Waals surface area contributed by atoms with Crippen LogP contribution in [0.25, 0.3) is 10.2 Å². The van der Waals surface area contributed by atoms with Crippen LogP contribution < -0.4 is 10.2 Å². The van der Waals surface area contributed by atoms with Gasteiger partial charge in [0.2, 0.25) is 5.96 Å². The molecular weight excluding hydrogens is 304 g/mol. The number of thiazole rings is 1. The monoisotopic (exact) mass is 322 g/mol. The van der Waals surface area contributed by atoms with Crippen LogP contribution in [0.2, 0.25) is 0 Å². The Labute approximate surface area is 139 Å². The van der Waals surface area contributed by atoms with Crippen molar-refractivity contribution in [1.82, 2.24) is 4.98 Å². The van der Waals surface area contributed by atoms with Gasteiger partial charge in [-0.3, -0.25) is 9.89 Å². The van der Waals surface area contributed by atoms with Gasteiger partial charge in [-0.15, -0.1) is 0 Å². The summed E-state index contributed by atoms with van der Waals surface area (Å²) in [5.74, 6) is 0.879. The van der Waals surface area contributed by atoms with Gasteiger partial charge >= 0.3 is 0 Å². The summed E-state index contributed by atoms with van der Waals surface area (Å²) in [6, 6.07) is 14.7. The molecule has 0 aliphatic carbocycles. The maximum absolute atomic E-state index is 4.77. The summed E-state index contributed by atoms with van der Waals surface area (Å²) in [6.07, 6.45) is 0. The number of hydrogen-bond donors (Lipinski definition) is 1. The van der Waals surface area contributed by atoms with Crippen LogP contribution in [0.15, 0.2) is 47.5 Å². The van der Waals surface area contributed by atoms with Crippen LogP contribution in [0.1, 0.15) is 11.1 Å². The summed E-state index contributed by atoms with van der Waals surface area (Å²) in [7, 11) is 0. The molecule has 23 heavy (non-hydrogen) atoms. The molecule has 4 rings (SSSR count). The Morgan fingerprint density at radius 1 is 1.04 bits per heavy atom. The van der Waals surface area contributed by atoms with Crippen LogP contribution in [0, 0.1) is 13.8 Å². The number of anilines is 2. The minimum atomic E-state index is 0.795. The standard InChI is InChI=1S/C18H18N4S/c1-12-3-6-14(7-4-12)20-17-19-9-10-22(17)18-21-15-8-5-13(2)11-16(15)23-18/h3-8,11H,9-10H2,1-2H3,(H,19,20). The Morgan fingerprint density at radius 3 is 2.65 bits per heavy atom. The van der Waals surface area contributed by atoms with E-state index in [1.807, 2.05) is 0 Å². The van der Waals surface area contributed by atoms with Crippen molar-refractivity contribution in [3.63, 3.8) is 0 Å². The largest absolute Gasteiger partial charge is 0.326 e. The van der Waals surface area contributed by atoms with Gasteiger partial charge in [0.15, 0.2) is 5.13 Å². The Morgan fingerprint density at radius 2 is 1.83 bits per heavy atom. The van der Waals surface area contributed by atoms with E-state index in [0.717, 1.165) is 35.4 Å². The molecule has 0 fully saturated rings.